The molecule has 2 aromatic heterocycles. The number of benzene rings is 1. The lowest BCUT2D eigenvalue weighted by Gasteiger charge is -2.21. The summed E-state index contributed by atoms with van der Waals surface area (Å²) < 4.78 is 70.0. The van der Waals surface area contributed by atoms with Crippen LogP contribution in [0.1, 0.15) is 0 Å². The van der Waals surface area contributed by atoms with E-state index in [-0.39, 0.29) is 19.1 Å². The number of aliphatic hydroxyl groups is 1. The van der Waals surface area contributed by atoms with E-state index in [0.717, 1.165) is 21.4 Å². The molecule has 43 heavy (non-hydrogen) atoms. The van der Waals surface area contributed by atoms with Gasteiger partial charge in [-0.1, -0.05) is 0 Å². The number of aliphatic carboxylic acids is 2. The molecule has 0 saturated heterocycles. The van der Waals surface area contributed by atoms with Crippen LogP contribution >= 0.6 is 15.9 Å². The largest absolute Gasteiger partial charge is 0.491 e. The van der Waals surface area contributed by atoms with Gasteiger partial charge >= 0.3 is 24.3 Å². The predicted molar refractivity (Wildman–Crippen MR) is 142 cm³/mol. The molecule has 2 heterocycles. The van der Waals surface area contributed by atoms with Crippen LogP contribution < -0.4 is 4.74 Å². The minimum Gasteiger partial charge on any atom is -0.491 e. The summed E-state index contributed by atoms with van der Waals surface area (Å²) in [6.45, 7) is 0.739. The van der Waals surface area contributed by atoms with Crippen LogP contribution in [0.25, 0.3) is 22.6 Å². The Kier molecular flexibility index (Phi) is 13.8. The molecule has 0 fully saturated rings. The molecule has 1 atom stereocenters. The van der Waals surface area contributed by atoms with Gasteiger partial charge in [0.1, 0.15) is 24.3 Å². The number of nitrogens with zero attached hydrogens (tertiary/aromatic N) is 4. The highest BCUT2D eigenvalue weighted by atomic mass is 79.9. The standard InChI is InChI=1S/C20H24BrN5O3.2C2HF3O2/c1-25(2)18(28)11-26(3)10-15(27)12-29-16-6-4-13(5-7-16)19-23-17-8-14(21)9-22-20(17)24-19;2*3-2(4,5)1(6)7/h4-9,15,27H,10-12H2,1-3H3,(H,22,23,24);2*(H,6,7). The fourth-order valence-electron chi connectivity index (χ4n) is 2.76. The molecule has 238 valence electrons. The molecule has 0 bridgehead atoms. The van der Waals surface area contributed by atoms with Crippen molar-refractivity contribution < 1.29 is 60.8 Å². The van der Waals surface area contributed by atoms with Crippen molar-refractivity contribution in [2.45, 2.75) is 18.5 Å². The third-order valence-corrected chi connectivity index (χ3v) is 5.22. The molecule has 0 radical (unpaired) electrons. The highest BCUT2D eigenvalue weighted by molar-refractivity contribution is 9.10. The minimum absolute atomic E-state index is 0.00986. The number of aromatic nitrogens is 3. The molecular formula is C24H26BrF6N5O7. The second-order valence-corrected chi connectivity index (χ2v) is 9.61. The number of H-pyrrole nitrogens is 1. The van der Waals surface area contributed by atoms with Crippen LogP contribution in [0.4, 0.5) is 26.3 Å². The van der Waals surface area contributed by atoms with Gasteiger partial charge in [-0.05, 0) is 53.3 Å². The van der Waals surface area contributed by atoms with E-state index in [9.17, 15) is 36.2 Å². The number of aromatic amines is 1. The number of carbonyl (C=O) groups is 3. The lowest BCUT2D eigenvalue weighted by atomic mass is 10.2. The fourth-order valence-corrected chi connectivity index (χ4v) is 3.09. The lowest BCUT2D eigenvalue weighted by Crippen LogP contribution is -2.39. The summed E-state index contributed by atoms with van der Waals surface area (Å²) >= 11 is 3.40. The molecule has 3 rings (SSSR count). The summed E-state index contributed by atoms with van der Waals surface area (Å²) in [5.74, 6) is -4.15. The van der Waals surface area contributed by atoms with Crippen LogP contribution in [0, 0.1) is 0 Å². The maximum absolute atomic E-state index is 11.7. The van der Waals surface area contributed by atoms with Crippen molar-refractivity contribution in [2.75, 3.05) is 40.8 Å². The predicted octanol–water partition coefficient (Wildman–Crippen LogP) is 3.41. The van der Waals surface area contributed by atoms with Gasteiger partial charge in [-0.25, -0.2) is 19.6 Å². The van der Waals surface area contributed by atoms with Crippen molar-refractivity contribution in [3.05, 3.63) is 41.0 Å². The molecule has 0 aliphatic rings. The molecule has 0 aliphatic heterocycles. The van der Waals surface area contributed by atoms with E-state index in [1.165, 1.54) is 4.90 Å². The summed E-state index contributed by atoms with van der Waals surface area (Å²) in [4.78, 5) is 44.8. The zero-order chi connectivity index (χ0) is 33.1. The summed E-state index contributed by atoms with van der Waals surface area (Å²) in [7, 11) is 5.21. The van der Waals surface area contributed by atoms with Crippen LogP contribution in [0.2, 0.25) is 0 Å². The van der Waals surface area contributed by atoms with Gasteiger partial charge in [0.2, 0.25) is 5.91 Å². The number of hydrogen-bond donors (Lipinski definition) is 4. The Hall–Kier alpha value is -3.97. The Bertz CT molecular complexity index is 1340. The number of carboxylic acid groups (broad SMARTS) is 2. The number of carbonyl (C=O) groups excluding carboxylic acids is 1. The van der Waals surface area contributed by atoms with E-state index in [0.29, 0.717) is 17.9 Å². The van der Waals surface area contributed by atoms with E-state index in [4.69, 9.17) is 24.5 Å². The number of hydrogen-bond acceptors (Lipinski definition) is 8. The zero-order valence-corrected chi connectivity index (χ0v) is 24.2. The van der Waals surface area contributed by atoms with Crippen LogP contribution in [0.15, 0.2) is 41.0 Å². The highest BCUT2D eigenvalue weighted by Crippen LogP contribution is 2.23. The number of nitrogens with one attached hydrogen (secondary N) is 1. The third kappa shape index (κ3) is 13.7. The Morgan fingerprint density at radius 2 is 1.51 bits per heavy atom. The molecule has 12 nitrogen and oxygen atoms in total. The summed E-state index contributed by atoms with van der Waals surface area (Å²) in [5, 5.41) is 24.4. The first-order valence-electron chi connectivity index (χ1n) is 11.6. The van der Waals surface area contributed by atoms with E-state index in [2.05, 4.69) is 30.9 Å². The maximum atomic E-state index is 11.7. The number of fused-ring (bicyclic) bond motifs is 1. The maximum Gasteiger partial charge on any atom is 0.490 e. The number of carboxylic acids is 2. The average Bonchev–Trinajstić information content (AvgIpc) is 3.30. The first-order chi connectivity index (χ1) is 19.7. The van der Waals surface area contributed by atoms with Crippen LogP contribution in [0.3, 0.4) is 0 Å². The Morgan fingerprint density at radius 3 is 1.98 bits per heavy atom. The fraction of sp³-hybridized carbons (Fsp3) is 0.375. The highest BCUT2D eigenvalue weighted by Gasteiger charge is 2.38. The summed E-state index contributed by atoms with van der Waals surface area (Å²) in [5.41, 5.74) is 2.42. The normalized spacial score (nSPS) is 12.0. The first-order valence-corrected chi connectivity index (χ1v) is 12.4. The second kappa shape index (κ2) is 16.0. The molecule has 0 spiro atoms. The average molecular weight is 690 g/mol. The lowest BCUT2D eigenvalue weighted by molar-refractivity contribution is -0.193. The number of imidazole rings is 1. The van der Waals surface area contributed by atoms with Crippen molar-refractivity contribution >= 4 is 44.9 Å². The molecule has 4 N–H and O–H groups in total. The van der Waals surface area contributed by atoms with Gasteiger partial charge in [0.05, 0.1) is 12.1 Å². The van der Waals surface area contributed by atoms with Crippen LogP contribution in [-0.4, -0.2) is 117 Å². The molecule has 3 aromatic rings. The van der Waals surface area contributed by atoms with Gasteiger partial charge in [-0.3, -0.25) is 9.69 Å². The smallest absolute Gasteiger partial charge is 0.490 e. The Morgan fingerprint density at radius 1 is 1.00 bits per heavy atom. The van der Waals surface area contributed by atoms with Gasteiger partial charge in [0.15, 0.2) is 5.65 Å². The van der Waals surface area contributed by atoms with Gasteiger partial charge in [-0.2, -0.15) is 26.3 Å². The van der Waals surface area contributed by atoms with E-state index in [1.54, 1.807) is 32.2 Å². The number of rotatable bonds is 8. The first kappa shape index (κ1) is 37.1. The zero-order valence-electron chi connectivity index (χ0n) is 22.6. The molecule has 0 aliphatic carbocycles. The van der Waals surface area contributed by atoms with E-state index >= 15 is 0 Å². The number of ether oxygens (including phenoxy) is 1. The third-order valence-electron chi connectivity index (χ3n) is 4.79. The van der Waals surface area contributed by atoms with E-state index in [1.807, 2.05) is 30.3 Å². The Balaban J connectivity index is 0.000000548. The minimum atomic E-state index is -5.08. The molecule has 1 unspecified atom stereocenters. The van der Waals surface area contributed by atoms with Crippen molar-refractivity contribution in [1.82, 2.24) is 24.8 Å². The Labute approximate surface area is 248 Å². The van der Waals surface area contributed by atoms with Gasteiger partial charge in [0.25, 0.3) is 0 Å². The summed E-state index contributed by atoms with van der Waals surface area (Å²) in [6.07, 6.45) is -9.15. The van der Waals surface area contributed by atoms with Gasteiger partial charge < -0.3 is 29.9 Å². The second-order valence-electron chi connectivity index (χ2n) is 8.69. The molecule has 0 saturated carbocycles. The monoisotopic (exact) mass is 689 g/mol. The quantitative estimate of drug-likeness (QED) is 0.257. The number of amides is 1. The molecular weight excluding hydrogens is 664 g/mol. The van der Waals surface area contributed by atoms with Crippen LogP contribution in [-0.2, 0) is 14.4 Å². The van der Waals surface area contributed by atoms with Crippen molar-refractivity contribution in [2.24, 2.45) is 0 Å². The summed E-state index contributed by atoms with van der Waals surface area (Å²) in [6, 6.07) is 9.39. The number of pyridine rings is 1. The van der Waals surface area contributed by atoms with Crippen molar-refractivity contribution in [3.8, 4) is 17.1 Å². The van der Waals surface area contributed by atoms with E-state index < -0.39 is 30.4 Å². The topological polar surface area (TPSA) is 169 Å². The van der Waals surface area contributed by atoms with Crippen molar-refractivity contribution in [3.63, 3.8) is 0 Å². The molecule has 1 amide bonds. The SMILES string of the molecule is CN(CC(=O)N(C)C)CC(O)COc1ccc(-c2nc3ncc(Br)cc3[nH]2)cc1.O=C(O)C(F)(F)F.O=C(O)C(F)(F)F. The molecule has 1 aromatic carbocycles. The van der Waals surface area contributed by atoms with Crippen LogP contribution in [0.5, 0.6) is 5.75 Å². The van der Waals surface area contributed by atoms with Gasteiger partial charge in [-0.15, -0.1) is 0 Å². The number of halogens is 7. The van der Waals surface area contributed by atoms with Crippen molar-refractivity contribution in [1.29, 1.82) is 0 Å². The number of aliphatic hydroxyl groups excluding tert-OH is 1. The van der Waals surface area contributed by atoms with Gasteiger partial charge in [0, 0.05) is 36.9 Å². The number of likely N-dealkylation sites (N-methyl/N-ethyl adjacent to an activating group) is 2. The molecule has 19 heteroatoms. The number of alkyl halides is 6.